The molecule has 2 aliphatic heterocycles. The van der Waals surface area contributed by atoms with Crippen molar-refractivity contribution in [3.8, 4) is 5.75 Å². The van der Waals surface area contributed by atoms with E-state index in [1.807, 2.05) is 0 Å². The minimum atomic E-state index is -0.0609. The van der Waals surface area contributed by atoms with Crippen LogP contribution in [0.25, 0.3) is 0 Å². The second kappa shape index (κ2) is 8.70. The first-order chi connectivity index (χ1) is 12.8. The Hall–Kier alpha value is -1.14. The fourth-order valence-corrected chi connectivity index (χ4v) is 4.81. The van der Waals surface area contributed by atoms with Gasteiger partial charge in [-0.25, -0.2) is 0 Å². The zero-order chi connectivity index (χ0) is 17.8. The maximum atomic E-state index is 9.82. The van der Waals surface area contributed by atoms with Gasteiger partial charge in [-0.05, 0) is 37.2 Å². The summed E-state index contributed by atoms with van der Waals surface area (Å²) in [5.74, 6) is 2.41. The van der Waals surface area contributed by atoms with Crippen LogP contribution in [0.1, 0.15) is 24.8 Å². The van der Waals surface area contributed by atoms with Crippen molar-refractivity contribution in [2.45, 2.75) is 31.9 Å². The van der Waals surface area contributed by atoms with Gasteiger partial charge >= 0.3 is 0 Å². The summed E-state index contributed by atoms with van der Waals surface area (Å²) < 4.78 is 11.5. The molecular formula is C21H32N2O3. The van der Waals surface area contributed by atoms with Crippen LogP contribution >= 0.6 is 0 Å². The van der Waals surface area contributed by atoms with E-state index in [-0.39, 0.29) is 6.10 Å². The Morgan fingerprint density at radius 1 is 1.04 bits per heavy atom. The van der Waals surface area contributed by atoms with Gasteiger partial charge in [-0.2, -0.15) is 0 Å². The third-order valence-corrected chi connectivity index (χ3v) is 6.15. The van der Waals surface area contributed by atoms with Crippen molar-refractivity contribution >= 4 is 0 Å². The quantitative estimate of drug-likeness (QED) is 0.754. The number of hydrogen-bond acceptors (Lipinski definition) is 5. The Labute approximate surface area is 156 Å². The minimum absolute atomic E-state index is 0.0609. The van der Waals surface area contributed by atoms with Gasteiger partial charge in [0.25, 0.3) is 0 Å². The second-order valence-electron chi connectivity index (χ2n) is 8.10. The lowest BCUT2D eigenvalue weighted by molar-refractivity contribution is 0.0357. The van der Waals surface area contributed by atoms with Gasteiger partial charge in [0.15, 0.2) is 0 Å². The van der Waals surface area contributed by atoms with E-state index in [1.54, 1.807) is 0 Å². The number of aliphatic hydroxyl groups excluding tert-OH is 1. The average molecular weight is 360 g/mol. The highest BCUT2D eigenvalue weighted by Crippen LogP contribution is 2.38. The van der Waals surface area contributed by atoms with E-state index in [2.05, 4.69) is 34.1 Å². The Bertz CT molecular complexity index is 562. The van der Waals surface area contributed by atoms with Crippen molar-refractivity contribution < 1.29 is 14.6 Å². The molecule has 1 aliphatic carbocycles. The van der Waals surface area contributed by atoms with E-state index >= 15 is 0 Å². The van der Waals surface area contributed by atoms with Gasteiger partial charge in [-0.1, -0.05) is 18.2 Å². The lowest BCUT2D eigenvalue weighted by atomic mass is 10.0. The van der Waals surface area contributed by atoms with E-state index in [4.69, 9.17) is 9.47 Å². The highest BCUT2D eigenvalue weighted by Gasteiger charge is 2.40. The molecule has 1 unspecified atom stereocenters. The van der Waals surface area contributed by atoms with E-state index in [0.717, 1.165) is 84.1 Å². The highest BCUT2D eigenvalue weighted by molar-refractivity contribution is 5.33. The SMILES string of the molecule is OC1C[C@@H]2CN(Cc3ccccc3OCCCN3CCOCC3)C[C@@H]2C1. The molecule has 4 rings (SSSR count). The molecule has 5 heteroatoms. The van der Waals surface area contributed by atoms with Gasteiger partial charge in [0.05, 0.1) is 25.9 Å². The molecule has 3 atom stereocenters. The van der Waals surface area contributed by atoms with Crippen LogP contribution in [-0.2, 0) is 11.3 Å². The molecule has 3 aliphatic rings. The number of ether oxygens (including phenoxy) is 2. The molecule has 144 valence electrons. The standard InChI is InChI=1S/C21H32N2O3/c24-20-12-18-15-23(16-19(18)13-20)14-17-4-1-2-5-21(17)26-9-3-6-22-7-10-25-11-8-22/h1-2,4-5,18-20,24H,3,6-16H2/t18-,19+,20?. The zero-order valence-electron chi connectivity index (χ0n) is 15.7. The molecule has 0 spiro atoms. The molecule has 1 N–H and O–H groups in total. The van der Waals surface area contributed by atoms with Gasteiger partial charge in [0.1, 0.15) is 5.75 Å². The first-order valence-electron chi connectivity index (χ1n) is 10.2. The topological polar surface area (TPSA) is 45.2 Å². The summed E-state index contributed by atoms with van der Waals surface area (Å²) in [6.07, 6.45) is 2.97. The van der Waals surface area contributed by atoms with Crippen molar-refractivity contribution in [2.24, 2.45) is 11.8 Å². The maximum Gasteiger partial charge on any atom is 0.123 e. The second-order valence-corrected chi connectivity index (χ2v) is 8.10. The smallest absolute Gasteiger partial charge is 0.123 e. The monoisotopic (exact) mass is 360 g/mol. The summed E-state index contributed by atoms with van der Waals surface area (Å²) in [7, 11) is 0. The largest absolute Gasteiger partial charge is 0.493 e. The Balaban J connectivity index is 1.24. The number of hydrogen-bond donors (Lipinski definition) is 1. The number of nitrogens with zero attached hydrogens (tertiary/aromatic N) is 2. The highest BCUT2D eigenvalue weighted by atomic mass is 16.5. The van der Waals surface area contributed by atoms with Crippen molar-refractivity contribution in [3.63, 3.8) is 0 Å². The average Bonchev–Trinajstić information content (AvgIpc) is 3.17. The fraction of sp³-hybridized carbons (Fsp3) is 0.714. The van der Waals surface area contributed by atoms with E-state index in [1.165, 1.54) is 5.56 Å². The van der Waals surface area contributed by atoms with Crippen LogP contribution in [0.3, 0.4) is 0 Å². The number of para-hydroxylation sites is 1. The molecule has 1 aromatic rings. The summed E-state index contributed by atoms with van der Waals surface area (Å²) in [4.78, 5) is 4.99. The number of likely N-dealkylation sites (tertiary alicyclic amines) is 1. The number of rotatable bonds is 7. The summed E-state index contributed by atoms with van der Waals surface area (Å²) >= 11 is 0. The van der Waals surface area contributed by atoms with Crippen LogP contribution in [-0.4, -0.2) is 73.6 Å². The van der Waals surface area contributed by atoms with Crippen LogP contribution in [0.4, 0.5) is 0 Å². The molecule has 1 aromatic carbocycles. The molecule has 0 radical (unpaired) electrons. The van der Waals surface area contributed by atoms with Crippen molar-refractivity contribution in [1.82, 2.24) is 9.80 Å². The van der Waals surface area contributed by atoms with Gasteiger partial charge in [-0.15, -0.1) is 0 Å². The van der Waals surface area contributed by atoms with Crippen molar-refractivity contribution in [2.75, 3.05) is 52.5 Å². The molecule has 2 saturated heterocycles. The van der Waals surface area contributed by atoms with Crippen molar-refractivity contribution in [3.05, 3.63) is 29.8 Å². The molecule has 0 amide bonds. The van der Waals surface area contributed by atoms with Crippen LogP contribution in [0.15, 0.2) is 24.3 Å². The predicted octanol–water partition coefficient (Wildman–Crippen LogP) is 1.99. The molecule has 1 saturated carbocycles. The van der Waals surface area contributed by atoms with E-state index in [9.17, 15) is 5.11 Å². The van der Waals surface area contributed by atoms with Gasteiger partial charge in [0, 0.05) is 44.8 Å². The van der Waals surface area contributed by atoms with Crippen LogP contribution in [0.2, 0.25) is 0 Å². The summed E-state index contributed by atoms with van der Waals surface area (Å²) in [6.45, 7) is 8.86. The van der Waals surface area contributed by atoms with Crippen LogP contribution in [0.5, 0.6) is 5.75 Å². The summed E-state index contributed by atoms with van der Waals surface area (Å²) in [6, 6.07) is 8.47. The van der Waals surface area contributed by atoms with Crippen molar-refractivity contribution in [1.29, 1.82) is 0 Å². The third-order valence-electron chi connectivity index (χ3n) is 6.15. The molecular weight excluding hydrogens is 328 g/mol. The number of aliphatic hydroxyl groups is 1. The van der Waals surface area contributed by atoms with E-state index in [0.29, 0.717) is 11.8 Å². The Kier molecular flexibility index (Phi) is 6.10. The zero-order valence-corrected chi connectivity index (χ0v) is 15.7. The predicted molar refractivity (Wildman–Crippen MR) is 101 cm³/mol. The number of fused-ring (bicyclic) bond motifs is 1. The normalized spacial score (nSPS) is 29.8. The first kappa shape index (κ1) is 18.2. The maximum absolute atomic E-state index is 9.82. The Morgan fingerprint density at radius 2 is 1.77 bits per heavy atom. The molecule has 2 heterocycles. The summed E-state index contributed by atoms with van der Waals surface area (Å²) in [5.41, 5.74) is 1.29. The first-order valence-corrected chi connectivity index (χ1v) is 10.2. The lowest BCUT2D eigenvalue weighted by Crippen LogP contribution is -2.37. The van der Waals surface area contributed by atoms with Gasteiger partial charge in [0.2, 0.25) is 0 Å². The van der Waals surface area contributed by atoms with Gasteiger partial charge < -0.3 is 14.6 Å². The Morgan fingerprint density at radius 3 is 2.54 bits per heavy atom. The number of benzene rings is 1. The molecule has 3 fully saturated rings. The van der Waals surface area contributed by atoms with Gasteiger partial charge in [-0.3, -0.25) is 9.80 Å². The van der Waals surface area contributed by atoms with E-state index < -0.39 is 0 Å². The number of morpholine rings is 1. The van der Waals surface area contributed by atoms with Crippen LogP contribution < -0.4 is 4.74 Å². The third kappa shape index (κ3) is 4.58. The molecule has 0 bridgehead atoms. The molecule has 5 nitrogen and oxygen atoms in total. The summed E-state index contributed by atoms with van der Waals surface area (Å²) in [5, 5.41) is 9.82. The molecule has 0 aromatic heterocycles. The minimum Gasteiger partial charge on any atom is -0.493 e. The van der Waals surface area contributed by atoms with Crippen LogP contribution in [0, 0.1) is 11.8 Å². The fourth-order valence-electron chi connectivity index (χ4n) is 4.81. The molecule has 26 heavy (non-hydrogen) atoms. The lowest BCUT2D eigenvalue weighted by Gasteiger charge is -2.26.